The summed E-state index contributed by atoms with van der Waals surface area (Å²) in [5.41, 5.74) is 1.90. The van der Waals surface area contributed by atoms with E-state index in [2.05, 4.69) is 0 Å². The second kappa shape index (κ2) is 4.55. The van der Waals surface area contributed by atoms with Crippen LogP contribution in [0.2, 0.25) is 0 Å². The molecule has 0 radical (unpaired) electrons. The molecule has 2 nitrogen and oxygen atoms in total. The van der Waals surface area contributed by atoms with Gasteiger partial charge in [-0.3, -0.25) is 4.79 Å². The molecule has 0 aliphatic rings. The van der Waals surface area contributed by atoms with Crippen molar-refractivity contribution in [3.63, 3.8) is 0 Å². The molecule has 1 aromatic rings. The normalized spacial score (nSPS) is 11.3. The molecule has 1 aromatic carbocycles. The van der Waals surface area contributed by atoms with Crippen LogP contribution in [0, 0.1) is 13.8 Å². The Hall–Kier alpha value is -1.52. The summed E-state index contributed by atoms with van der Waals surface area (Å²) < 4.78 is 35.6. The molecule has 0 saturated heterocycles. The highest BCUT2D eigenvalue weighted by Crippen LogP contribution is 2.14. The molecule has 0 aliphatic carbocycles. The summed E-state index contributed by atoms with van der Waals surface area (Å²) in [5, 5.41) is 1.84. The number of hydrogen-bond donors (Lipinski definition) is 1. The van der Waals surface area contributed by atoms with Crippen molar-refractivity contribution in [2.24, 2.45) is 0 Å². The van der Waals surface area contributed by atoms with E-state index >= 15 is 0 Å². The van der Waals surface area contributed by atoms with Crippen molar-refractivity contribution in [3.05, 3.63) is 34.9 Å². The fraction of sp³-hybridized carbons (Fsp3) is 0.364. The van der Waals surface area contributed by atoms with Crippen LogP contribution in [0.4, 0.5) is 13.2 Å². The molecular formula is C11H12F3NO. The standard InChI is InChI=1S/C11H12F3NO/c1-7-3-4-9(8(2)5-7)10(16)15-6-11(12,13)14/h3-5H,6H2,1-2H3,(H,15,16). The molecule has 88 valence electrons. The second-order valence-corrected chi connectivity index (χ2v) is 3.62. The first-order valence-electron chi connectivity index (χ1n) is 4.72. The summed E-state index contributed by atoms with van der Waals surface area (Å²) >= 11 is 0. The molecular weight excluding hydrogens is 219 g/mol. The van der Waals surface area contributed by atoms with E-state index in [-0.39, 0.29) is 5.56 Å². The molecule has 16 heavy (non-hydrogen) atoms. The topological polar surface area (TPSA) is 29.1 Å². The molecule has 0 bridgehead atoms. The Balaban J connectivity index is 2.74. The molecule has 1 rings (SSSR count). The lowest BCUT2D eigenvalue weighted by Gasteiger charge is -2.10. The molecule has 5 heteroatoms. The fourth-order valence-corrected chi connectivity index (χ4v) is 1.34. The van der Waals surface area contributed by atoms with Crippen molar-refractivity contribution in [2.75, 3.05) is 6.54 Å². The van der Waals surface area contributed by atoms with Gasteiger partial charge in [0, 0.05) is 5.56 Å². The number of alkyl halides is 3. The van der Waals surface area contributed by atoms with Gasteiger partial charge in [0.25, 0.3) is 5.91 Å². The highest BCUT2D eigenvalue weighted by atomic mass is 19.4. The molecule has 0 heterocycles. The van der Waals surface area contributed by atoms with Gasteiger partial charge >= 0.3 is 6.18 Å². The third-order valence-corrected chi connectivity index (χ3v) is 2.08. The van der Waals surface area contributed by atoms with E-state index in [4.69, 9.17) is 0 Å². The number of aryl methyl sites for hydroxylation is 2. The van der Waals surface area contributed by atoms with Crippen LogP contribution < -0.4 is 5.32 Å². The van der Waals surface area contributed by atoms with Gasteiger partial charge in [0.05, 0.1) is 0 Å². The quantitative estimate of drug-likeness (QED) is 0.832. The van der Waals surface area contributed by atoms with Gasteiger partial charge in [0.15, 0.2) is 0 Å². The zero-order chi connectivity index (χ0) is 12.3. The summed E-state index contributed by atoms with van der Waals surface area (Å²) in [6, 6.07) is 4.97. The first-order valence-corrected chi connectivity index (χ1v) is 4.72. The van der Waals surface area contributed by atoms with E-state index in [0.717, 1.165) is 5.56 Å². The van der Waals surface area contributed by atoms with Gasteiger partial charge in [0.1, 0.15) is 6.54 Å². The second-order valence-electron chi connectivity index (χ2n) is 3.62. The van der Waals surface area contributed by atoms with Crippen LogP contribution >= 0.6 is 0 Å². The molecule has 1 amide bonds. The predicted octanol–water partition coefficient (Wildman–Crippen LogP) is 2.60. The van der Waals surface area contributed by atoms with Crippen molar-refractivity contribution in [1.29, 1.82) is 0 Å². The van der Waals surface area contributed by atoms with Crippen LogP contribution in [-0.4, -0.2) is 18.6 Å². The number of halogens is 3. The Morgan fingerprint density at radius 2 is 1.94 bits per heavy atom. The Kier molecular flexibility index (Phi) is 3.57. The monoisotopic (exact) mass is 231 g/mol. The maximum absolute atomic E-state index is 11.9. The zero-order valence-corrected chi connectivity index (χ0v) is 8.98. The molecule has 0 saturated carbocycles. The summed E-state index contributed by atoms with van der Waals surface area (Å²) in [6.07, 6.45) is -4.38. The van der Waals surface area contributed by atoms with Gasteiger partial charge in [-0.25, -0.2) is 0 Å². The third kappa shape index (κ3) is 3.56. The molecule has 1 N–H and O–H groups in total. The Morgan fingerprint density at radius 1 is 1.31 bits per heavy atom. The van der Waals surface area contributed by atoms with Gasteiger partial charge in [0.2, 0.25) is 0 Å². The largest absolute Gasteiger partial charge is 0.405 e. The number of carbonyl (C=O) groups is 1. The van der Waals surface area contributed by atoms with E-state index in [9.17, 15) is 18.0 Å². The minimum atomic E-state index is -4.38. The lowest BCUT2D eigenvalue weighted by Crippen LogP contribution is -2.34. The summed E-state index contributed by atoms with van der Waals surface area (Å²) in [6.45, 7) is 2.24. The van der Waals surface area contributed by atoms with Crippen LogP contribution in [0.15, 0.2) is 18.2 Å². The molecule has 0 fully saturated rings. The number of amides is 1. The number of benzene rings is 1. The smallest absolute Gasteiger partial charge is 0.343 e. The van der Waals surface area contributed by atoms with Crippen molar-refractivity contribution in [2.45, 2.75) is 20.0 Å². The summed E-state index contributed by atoms with van der Waals surface area (Å²) in [5.74, 6) is -0.699. The highest BCUT2D eigenvalue weighted by Gasteiger charge is 2.28. The summed E-state index contributed by atoms with van der Waals surface area (Å²) in [7, 11) is 0. The lowest BCUT2D eigenvalue weighted by atomic mass is 10.1. The van der Waals surface area contributed by atoms with E-state index < -0.39 is 18.6 Å². The number of nitrogens with one attached hydrogen (secondary N) is 1. The number of carbonyl (C=O) groups excluding carboxylic acids is 1. The SMILES string of the molecule is Cc1ccc(C(=O)NCC(F)(F)F)c(C)c1. The molecule has 0 atom stereocenters. The molecule has 0 spiro atoms. The molecule has 0 aliphatic heterocycles. The van der Waals surface area contributed by atoms with Gasteiger partial charge in [-0.15, -0.1) is 0 Å². The maximum atomic E-state index is 11.9. The zero-order valence-electron chi connectivity index (χ0n) is 8.98. The van der Waals surface area contributed by atoms with E-state index in [0.29, 0.717) is 5.56 Å². The highest BCUT2D eigenvalue weighted by molar-refractivity contribution is 5.95. The minimum absolute atomic E-state index is 0.273. The first-order chi connectivity index (χ1) is 7.29. The van der Waals surface area contributed by atoms with E-state index in [1.165, 1.54) is 6.07 Å². The third-order valence-electron chi connectivity index (χ3n) is 2.08. The van der Waals surface area contributed by atoms with Crippen molar-refractivity contribution >= 4 is 5.91 Å². The van der Waals surface area contributed by atoms with Gasteiger partial charge in [-0.1, -0.05) is 17.7 Å². The predicted molar refractivity (Wildman–Crippen MR) is 54.3 cm³/mol. The van der Waals surface area contributed by atoms with Gasteiger partial charge in [-0.05, 0) is 25.5 Å². The lowest BCUT2D eigenvalue weighted by molar-refractivity contribution is -0.123. The Bertz CT molecular complexity index is 399. The van der Waals surface area contributed by atoms with Crippen LogP contribution in [0.1, 0.15) is 21.5 Å². The van der Waals surface area contributed by atoms with E-state index in [1.54, 1.807) is 19.1 Å². The Morgan fingerprint density at radius 3 is 2.44 bits per heavy atom. The maximum Gasteiger partial charge on any atom is 0.405 e. The number of rotatable bonds is 2. The summed E-state index contributed by atoms with van der Waals surface area (Å²) in [4.78, 5) is 11.4. The molecule has 0 aromatic heterocycles. The van der Waals surface area contributed by atoms with Crippen molar-refractivity contribution in [3.8, 4) is 0 Å². The minimum Gasteiger partial charge on any atom is -0.343 e. The average Bonchev–Trinajstić information content (AvgIpc) is 2.13. The fourth-order valence-electron chi connectivity index (χ4n) is 1.34. The van der Waals surface area contributed by atoms with Gasteiger partial charge < -0.3 is 5.32 Å². The van der Waals surface area contributed by atoms with Crippen LogP contribution in [0.25, 0.3) is 0 Å². The average molecular weight is 231 g/mol. The Labute approximate surface area is 91.5 Å². The number of hydrogen-bond acceptors (Lipinski definition) is 1. The van der Waals surface area contributed by atoms with Crippen LogP contribution in [-0.2, 0) is 0 Å². The first kappa shape index (κ1) is 12.5. The van der Waals surface area contributed by atoms with Crippen LogP contribution in [0.5, 0.6) is 0 Å². The van der Waals surface area contributed by atoms with Crippen LogP contribution in [0.3, 0.4) is 0 Å². The van der Waals surface area contributed by atoms with Crippen molar-refractivity contribution in [1.82, 2.24) is 5.32 Å². The molecule has 0 unspecified atom stereocenters. The van der Waals surface area contributed by atoms with Crippen molar-refractivity contribution < 1.29 is 18.0 Å². The van der Waals surface area contributed by atoms with Gasteiger partial charge in [-0.2, -0.15) is 13.2 Å². The van der Waals surface area contributed by atoms with E-state index in [1.807, 2.05) is 12.2 Å².